The first-order valence-corrected chi connectivity index (χ1v) is 15.5. The first kappa shape index (κ1) is 29.3. The minimum atomic E-state index is -3.94. The van der Waals surface area contributed by atoms with Gasteiger partial charge >= 0.3 is 11.2 Å². The summed E-state index contributed by atoms with van der Waals surface area (Å²) in [6.45, 7) is 2.29. The van der Waals surface area contributed by atoms with Gasteiger partial charge in [0.15, 0.2) is 9.79 Å². The Morgan fingerprint density at radius 3 is 1.92 bits per heavy atom. The summed E-state index contributed by atoms with van der Waals surface area (Å²) in [5.41, 5.74) is -0.124. The summed E-state index contributed by atoms with van der Waals surface area (Å²) < 4.78 is 35.0. The average Bonchev–Trinajstić information content (AvgIpc) is 2.92. The summed E-state index contributed by atoms with van der Waals surface area (Å²) in [5, 5.41) is 8.45. The van der Waals surface area contributed by atoms with E-state index in [0.29, 0.717) is 17.8 Å². The molecule has 0 saturated heterocycles. The van der Waals surface area contributed by atoms with E-state index in [1.165, 1.54) is 47.6 Å². The van der Waals surface area contributed by atoms with E-state index in [2.05, 4.69) is 77.0 Å². The van der Waals surface area contributed by atoms with Gasteiger partial charge in [-0.25, -0.2) is 4.79 Å². The number of benzene rings is 2. The second-order valence-electron chi connectivity index (χ2n) is 10.8. The van der Waals surface area contributed by atoms with E-state index in [1.54, 1.807) is 0 Å². The van der Waals surface area contributed by atoms with Crippen LogP contribution in [0, 0.1) is 23.2 Å². The van der Waals surface area contributed by atoms with Gasteiger partial charge in [0, 0.05) is 5.41 Å². The van der Waals surface area contributed by atoms with Crippen molar-refractivity contribution in [3.8, 4) is 0 Å². The van der Waals surface area contributed by atoms with E-state index in [0.717, 1.165) is 19.3 Å². The number of carbonyl (C=O) groups excluding carboxylic acids is 1. The first-order chi connectivity index (χ1) is 18.3. The summed E-state index contributed by atoms with van der Waals surface area (Å²) in [7, 11) is 0.249. The summed E-state index contributed by atoms with van der Waals surface area (Å²) in [6.07, 6.45) is 9.15. The second kappa shape index (κ2) is 13.6. The van der Waals surface area contributed by atoms with Gasteiger partial charge in [-0.2, -0.15) is 13.1 Å². The molecule has 4 bridgehead atoms. The third-order valence-corrected chi connectivity index (χ3v) is 10.7. The molecule has 0 spiro atoms. The molecule has 2 aromatic carbocycles. The van der Waals surface area contributed by atoms with Crippen LogP contribution in [-0.4, -0.2) is 23.6 Å². The molecule has 0 N–H and O–H groups in total. The molecule has 0 aromatic heterocycles. The van der Waals surface area contributed by atoms with Crippen molar-refractivity contribution in [1.82, 2.24) is 0 Å². The molecular weight excluding hydrogens is 530 g/mol. The summed E-state index contributed by atoms with van der Waals surface area (Å²) in [6, 6.07) is 21.8. The minimum absolute atomic E-state index is 0.0315. The average molecular weight is 567 g/mol. The monoisotopic (exact) mass is 566 g/mol. The quantitative estimate of drug-likeness (QED) is 0.0988. The first-order valence-electron chi connectivity index (χ1n) is 13.3. The molecule has 5 nitrogen and oxygen atoms in total. The highest BCUT2D eigenvalue weighted by Crippen LogP contribution is 2.60. The predicted molar refractivity (Wildman–Crippen MR) is 143 cm³/mol. The predicted octanol–water partition coefficient (Wildman–Crippen LogP) is 6.73. The van der Waals surface area contributed by atoms with Crippen LogP contribution in [0.1, 0.15) is 58.3 Å². The Morgan fingerprint density at radius 1 is 0.974 bits per heavy atom. The van der Waals surface area contributed by atoms with Crippen molar-refractivity contribution < 1.29 is 32.9 Å². The van der Waals surface area contributed by atoms with Crippen LogP contribution in [0.15, 0.2) is 70.5 Å². The van der Waals surface area contributed by atoms with Gasteiger partial charge in [-0.15, -0.1) is 0 Å². The van der Waals surface area contributed by atoms with E-state index >= 15 is 0 Å². The smallest absolute Gasteiger partial charge is 0.415 e. The van der Waals surface area contributed by atoms with Crippen molar-refractivity contribution in [3.63, 3.8) is 0 Å². The fourth-order valence-corrected chi connectivity index (χ4v) is 9.22. The number of carbonyl (C=O) groups is 1. The Kier molecular flexibility index (Phi) is 10.5. The summed E-state index contributed by atoms with van der Waals surface area (Å²) >= 11 is -0.639. The van der Waals surface area contributed by atoms with Crippen LogP contribution in [0.5, 0.6) is 0 Å². The Bertz CT molecular complexity index is 934. The number of alkyl halides is 2. The zero-order valence-electron chi connectivity index (χ0n) is 21.7. The van der Waals surface area contributed by atoms with E-state index in [1.807, 2.05) is 0 Å². The molecule has 208 valence electrons. The maximum Gasteiger partial charge on any atom is 0.415 e. The van der Waals surface area contributed by atoms with E-state index < -0.39 is 23.3 Å². The van der Waals surface area contributed by atoms with Gasteiger partial charge in [0.1, 0.15) is 17.8 Å². The Morgan fingerprint density at radius 2 is 1.47 bits per heavy atom. The van der Waals surface area contributed by atoms with Gasteiger partial charge in [0.2, 0.25) is 0 Å². The number of hydrogen-bond acceptors (Lipinski definition) is 6. The Balaban J connectivity index is 0.000000181. The summed E-state index contributed by atoms with van der Waals surface area (Å²) in [4.78, 5) is 14.4. The van der Waals surface area contributed by atoms with Crippen LogP contribution in [0.25, 0.3) is 0 Å². The molecule has 6 rings (SSSR count). The number of unbranched alkanes of at least 4 members (excludes halogenated alkanes) is 1. The lowest BCUT2D eigenvalue weighted by molar-refractivity contribution is -0.777. The van der Waals surface area contributed by atoms with Gasteiger partial charge < -0.3 is 9.99 Å². The Hall–Kier alpha value is -1.65. The van der Waals surface area contributed by atoms with Crippen molar-refractivity contribution in [2.45, 2.75) is 73.3 Å². The van der Waals surface area contributed by atoms with Gasteiger partial charge in [-0.05, 0) is 87.0 Å². The number of halogens is 2. The van der Waals surface area contributed by atoms with Gasteiger partial charge in [0.25, 0.3) is 0 Å². The van der Waals surface area contributed by atoms with Crippen LogP contribution < -0.4 is 5.26 Å². The molecule has 0 unspecified atom stereocenters. The van der Waals surface area contributed by atoms with Crippen LogP contribution >= 0.6 is 12.0 Å². The van der Waals surface area contributed by atoms with Crippen molar-refractivity contribution in [2.75, 3.05) is 12.4 Å². The maximum atomic E-state index is 13.3. The van der Waals surface area contributed by atoms with E-state index in [4.69, 9.17) is 4.74 Å². The Labute approximate surface area is 231 Å². The molecule has 0 aliphatic heterocycles. The van der Waals surface area contributed by atoms with Crippen LogP contribution in [0.4, 0.5) is 8.78 Å². The lowest BCUT2D eigenvalue weighted by atomic mass is 9.50. The zero-order chi connectivity index (χ0) is 27.0. The number of rotatable bonds is 11. The largest absolute Gasteiger partial charge is 0.691 e. The molecule has 38 heavy (non-hydrogen) atoms. The third kappa shape index (κ3) is 7.72. The summed E-state index contributed by atoms with van der Waals surface area (Å²) in [5.74, 6) is 1.55. The van der Waals surface area contributed by atoms with Crippen molar-refractivity contribution >= 4 is 28.9 Å². The van der Waals surface area contributed by atoms with Crippen LogP contribution in [0.3, 0.4) is 0 Å². The maximum absolute atomic E-state index is 13.3. The fourth-order valence-electron chi connectivity index (χ4n) is 6.69. The molecular formula is C29H36F2O5S2. The molecule has 9 heteroatoms. The molecule has 0 heterocycles. The van der Waals surface area contributed by atoms with Crippen LogP contribution in [-0.2, 0) is 29.8 Å². The minimum Gasteiger partial charge on any atom is -0.691 e. The zero-order valence-corrected chi connectivity index (χ0v) is 23.3. The second-order valence-corrected chi connectivity index (χ2v) is 13.8. The van der Waals surface area contributed by atoms with Crippen molar-refractivity contribution in [3.05, 3.63) is 60.7 Å². The molecule has 4 saturated carbocycles. The fraction of sp³-hybridized carbons (Fsp3) is 0.552. The topological polar surface area (TPSA) is 67.8 Å². The number of ether oxygens (including phenoxy) is 1. The van der Waals surface area contributed by atoms with Gasteiger partial charge in [0.05, 0.1) is 17.5 Å². The van der Waals surface area contributed by atoms with E-state index in [9.17, 15) is 18.8 Å². The number of esters is 1. The molecule has 2 aromatic rings. The SMILES string of the molecule is CCCC[S+](c1ccccc1)c1ccccc1.O=C(OCC12CC3CC(CC(C3)C1)C2)C(F)(F)SOO[O-]. The van der Waals surface area contributed by atoms with Crippen LogP contribution in [0.2, 0.25) is 0 Å². The molecule has 0 amide bonds. The highest BCUT2D eigenvalue weighted by Gasteiger charge is 2.52. The highest BCUT2D eigenvalue weighted by molar-refractivity contribution is 7.97. The third-order valence-electron chi connectivity index (χ3n) is 7.84. The lowest BCUT2D eigenvalue weighted by Gasteiger charge is -2.56. The molecule has 4 aliphatic rings. The molecule has 0 radical (unpaired) electrons. The van der Waals surface area contributed by atoms with Crippen molar-refractivity contribution in [2.24, 2.45) is 23.2 Å². The molecule has 4 aliphatic carbocycles. The highest BCUT2D eigenvalue weighted by atomic mass is 32.2. The van der Waals surface area contributed by atoms with Crippen molar-refractivity contribution in [1.29, 1.82) is 0 Å². The standard InChI is InChI=1S/C16H19S.C13H18F2O5S/c1-2-3-14-17(15-10-6-4-7-11-15)16-12-8-5-9-13-16;14-13(15,21-20-19-17)11(16)18-7-12-4-8-1-9(5-12)3-10(2-8)6-12/h4-13H,2-3,14H2,1H3;8-10,17H,1-7H2/q+1;/p-1. The van der Waals surface area contributed by atoms with E-state index in [-0.39, 0.29) is 22.9 Å². The van der Waals surface area contributed by atoms with Gasteiger partial charge in [-0.1, -0.05) is 49.7 Å². The lowest BCUT2D eigenvalue weighted by Crippen LogP contribution is -2.49. The normalized spacial score (nSPS) is 25.7. The molecule has 0 atom stereocenters. The number of hydrogen-bond donors (Lipinski definition) is 0. The van der Waals surface area contributed by atoms with Gasteiger partial charge in [-0.3, -0.25) is 5.04 Å². The molecule has 4 fully saturated rings.